The first kappa shape index (κ1) is 14.6. The number of furan rings is 1. The number of hydrogen-bond acceptors (Lipinski definition) is 4. The molecule has 7 heteroatoms. The molecule has 0 fully saturated rings. The topological polar surface area (TPSA) is 68.5 Å². The van der Waals surface area contributed by atoms with Crippen molar-refractivity contribution in [3.63, 3.8) is 0 Å². The van der Waals surface area contributed by atoms with E-state index in [1.165, 1.54) is 18.6 Å². The number of amides is 1. The lowest BCUT2D eigenvalue weighted by molar-refractivity contribution is -0.119. The molecule has 2 rings (SSSR count). The number of rotatable bonds is 4. The molecule has 20 heavy (non-hydrogen) atoms. The molecule has 1 amide bonds. The highest BCUT2D eigenvalue weighted by atomic mass is 79.9. The van der Waals surface area contributed by atoms with Crippen molar-refractivity contribution >= 4 is 45.1 Å². The highest BCUT2D eigenvalue weighted by molar-refractivity contribution is 9.10. The molecule has 1 N–H and O–H groups in total. The Balaban J connectivity index is 1.88. The van der Waals surface area contributed by atoms with E-state index in [1.807, 2.05) is 0 Å². The fourth-order valence-corrected chi connectivity index (χ4v) is 2.09. The summed E-state index contributed by atoms with van der Waals surface area (Å²) in [5.74, 6) is -1.11. The molecule has 0 atom stereocenters. The standard InChI is InChI=1S/C13H9BrClNO4/c14-9-1-2-11(10(15)5-9)16-12(17)7-20-13(18)8-3-4-19-6-8/h1-6H,7H2,(H,16,17). The maximum Gasteiger partial charge on any atom is 0.341 e. The smallest absolute Gasteiger partial charge is 0.341 e. The molecule has 104 valence electrons. The lowest BCUT2D eigenvalue weighted by atomic mass is 10.3. The summed E-state index contributed by atoms with van der Waals surface area (Å²) in [7, 11) is 0. The molecule has 1 aromatic carbocycles. The quantitative estimate of drug-likeness (QED) is 0.850. The third-order valence-electron chi connectivity index (χ3n) is 2.30. The van der Waals surface area contributed by atoms with Crippen molar-refractivity contribution in [2.24, 2.45) is 0 Å². The molecule has 0 bridgehead atoms. The largest absolute Gasteiger partial charge is 0.472 e. The van der Waals surface area contributed by atoms with Crippen LogP contribution in [0.5, 0.6) is 0 Å². The van der Waals surface area contributed by atoms with Crippen molar-refractivity contribution in [3.8, 4) is 0 Å². The van der Waals surface area contributed by atoms with E-state index in [-0.39, 0.29) is 5.56 Å². The van der Waals surface area contributed by atoms with Crippen molar-refractivity contribution < 1.29 is 18.7 Å². The average Bonchev–Trinajstić information content (AvgIpc) is 2.93. The van der Waals surface area contributed by atoms with E-state index in [0.29, 0.717) is 10.7 Å². The molecule has 0 saturated heterocycles. The molecule has 2 aromatic rings. The van der Waals surface area contributed by atoms with Gasteiger partial charge in [0, 0.05) is 4.47 Å². The van der Waals surface area contributed by atoms with Crippen molar-refractivity contribution in [2.75, 3.05) is 11.9 Å². The van der Waals surface area contributed by atoms with Gasteiger partial charge in [0.15, 0.2) is 6.61 Å². The Morgan fingerprint density at radius 3 is 2.80 bits per heavy atom. The highest BCUT2D eigenvalue weighted by Crippen LogP contribution is 2.25. The van der Waals surface area contributed by atoms with Gasteiger partial charge in [-0.2, -0.15) is 0 Å². The van der Waals surface area contributed by atoms with Crippen molar-refractivity contribution in [1.29, 1.82) is 0 Å². The highest BCUT2D eigenvalue weighted by Gasteiger charge is 2.12. The van der Waals surface area contributed by atoms with Crippen molar-refractivity contribution in [3.05, 3.63) is 51.9 Å². The fourth-order valence-electron chi connectivity index (χ4n) is 1.37. The third kappa shape index (κ3) is 3.85. The first-order valence-electron chi connectivity index (χ1n) is 5.50. The summed E-state index contributed by atoms with van der Waals surface area (Å²) >= 11 is 9.21. The number of esters is 1. The Morgan fingerprint density at radius 2 is 2.15 bits per heavy atom. The summed E-state index contributed by atoms with van der Waals surface area (Å²) in [6, 6.07) is 6.47. The maximum absolute atomic E-state index is 11.6. The number of hydrogen-bond donors (Lipinski definition) is 1. The number of benzene rings is 1. The second-order valence-corrected chi connectivity index (χ2v) is 5.08. The van der Waals surface area contributed by atoms with Gasteiger partial charge >= 0.3 is 5.97 Å². The van der Waals surface area contributed by atoms with Gasteiger partial charge in [0.25, 0.3) is 5.91 Å². The predicted molar refractivity (Wildman–Crippen MR) is 76.8 cm³/mol. The van der Waals surface area contributed by atoms with Gasteiger partial charge in [0.1, 0.15) is 6.26 Å². The van der Waals surface area contributed by atoms with E-state index < -0.39 is 18.5 Å². The second kappa shape index (κ2) is 6.58. The summed E-state index contributed by atoms with van der Waals surface area (Å²) in [5, 5.41) is 2.93. The minimum atomic E-state index is -0.629. The van der Waals surface area contributed by atoms with Gasteiger partial charge in [0.2, 0.25) is 0 Å². The van der Waals surface area contributed by atoms with Gasteiger partial charge < -0.3 is 14.5 Å². The van der Waals surface area contributed by atoms with Crippen molar-refractivity contribution in [2.45, 2.75) is 0 Å². The van der Waals surface area contributed by atoms with Crippen LogP contribution in [0.1, 0.15) is 10.4 Å². The molecule has 0 radical (unpaired) electrons. The van der Waals surface area contributed by atoms with Gasteiger partial charge in [-0.15, -0.1) is 0 Å². The van der Waals surface area contributed by atoms with Crippen LogP contribution in [0.25, 0.3) is 0 Å². The second-order valence-electron chi connectivity index (χ2n) is 3.76. The Labute approximate surface area is 128 Å². The summed E-state index contributed by atoms with van der Waals surface area (Å²) in [5.41, 5.74) is 0.693. The van der Waals surface area contributed by atoms with Gasteiger partial charge in [-0.25, -0.2) is 4.79 Å². The van der Waals surface area contributed by atoms with Gasteiger partial charge in [-0.05, 0) is 24.3 Å². The Kier molecular flexibility index (Phi) is 4.81. The molecule has 1 aromatic heterocycles. The zero-order valence-corrected chi connectivity index (χ0v) is 12.4. The average molecular weight is 359 g/mol. The normalized spacial score (nSPS) is 10.1. The predicted octanol–water partition coefficient (Wildman–Crippen LogP) is 3.49. The molecule has 0 aliphatic rings. The first-order chi connectivity index (χ1) is 9.56. The molecule has 0 unspecified atom stereocenters. The summed E-state index contributed by atoms with van der Waals surface area (Å²) in [6.45, 7) is -0.406. The van der Waals surface area contributed by atoms with E-state index in [0.717, 1.165) is 4.47 Å². The number of halogens is 2. The van der Waals surface area contributed by atoms with Gasteiger partial charge in [-0.1, -0.05) is 27.5 Å². The Bertz CT molecular complexity index is 627. The van der Waals surface area contributed by atoms with E-state index in [4.69, 9.17) is 20.8 Å². The fraction of sp³-hybridized carbons (Fsp3) is 0.0769. The maximum atomic E-state index is 11.6. The summed E-state index contributed by atoms with van der Waals surface area (Å²) in [6.07, 6.45) is 2.59. The number of ether oxygens (including phenoxy) is 1. The summed E-state index contributed by atoms with van der Waals surface area (Å²) in [4.78, 5) is 23.1. The molecule has 0 spiro atoms. The lowest BCUT2D eigenvalue weighted by Gasteiger charge is -2.07. The molecule has 0 aliphatic carbocycles. The lowest BCUT2D eigenvalue weighted by Crippen LogP contribution is -2.20. The van der Waals surface area contributed by atoms with E-state index in [9.17, 15) is 9.59 Å². The molecule has 0 aliphatic heterocycles. The molecule has 1 heterocycles. The Hall–Kier alpha value is -1.79. The SMILES string of the molecule is O=C(COC(=O)c1ccoc1)Nc1ccc(Br)cc1Cl. The minimum Gasteiger partial charge on any atom is -0.472 e. The van der Waals surface area contributed by atoms with Crippen LogP contribution in [0.2, 0.25) is 5.02 Å². The molecular formula is C13H9BrClNO4. The number of carbonyl (C=O) groups excluding carboxylic acids is 2. The van der Waals surface area contributed by atoms with Crippen LogP contribution in [0.15, 0.2) is 45.7 Å². The number of carbonyl (C=O) groups is 2. The number of anilines is 1. The van der Waals surface area contributed by atoms with Gasteiger partial charge in [0.05, 0.1) is 22.5 Å². The van der Waals surface area contributed by atoms with Crippen LogP contribution < -0.4 is 5.32 Å². The third-order valence-corrected chi connectivity index (χ3v) is 3.10. The van der Waals surface area contributed by atoms with E-state index in [1.54, 1.807) is 18.2 Å². The summed E-state index contributed by atoms with van der Waals surface area (Å²) < 4.78 is 10.4. The monoisotopic (exact) mass is 357 g/mol. The molecular weight excluding hydrogens is 350 g/mol. The molecule has 5 nitrogen and oxygen atoms in total. The van der Waals surface area contributed by atoms with Crippen LogP contribution in [0.4, 0.5) is 5.69 Å². The molecule has 0 saturated carbocycles. The van der Waals surface area contributed by atoms with Crippen LogP contribution in [-0.4, -0.2) is 18.5 Å². The van der Waals surface area contributed by atoms with Crippen LogP contribution in [0.3, 0.4) is 0 Å². The van der Waals surface area contributed by atoms with E-state index >= 15 is 0 Å². The minimum absolute atomic E-state index is 0.250. The van der Waals surface area contributed by atoms with Crippen LogP contribution in [-0.2, 0) is 9.53 Å². The van der Waals surface area contributed by atoms with Crippen molar-refractivity contribution in [1.82, 2.24) is 0 Å². The zero-order valence-electron chi connectivity index (χ0n) is 10.1. The van der Waals surface area contributed by atoms with Crippen LogP contribution in [0, 0.1) is 0 Å². The van der Waals surface area contributed by atoms with Gasteiger partial charge in [-0.3, -0.25) is 4.79 Å². The Morgan fingerprint density at radius 1 is 1.35 bits per heavy atom. The number of nitrogens with one attached hydrogen (secondary N) is 1. The first-order valence-corrected chi connectivity index (χ1v) is 6.67. The van der Waals surface area contributed by atoms with E-state index in [2.05, 4.69) is 21.2 Å². The zero-order chi connectivity index (χ0) is 14.5. The van der Waals surface area contributed by atoms with Crippen LogP contribution >= 0.6 is 27.5 Å².